The van der Waals surface area contributed by atoms with E-state index in [0.29, 0.717) is 24.5 Å². The summed E-state index contributed by atoms with van der Waals surface area (Å²) in [4.78, 5) is 22.4. The van der Waals surface area contributed by atoms with Crippen molar-refractivity contribution in [2.45, 2.75) is 19.4 Å². The van der Waals surface area contributed by atoms with Crippen LogP contribution < -0.4 is 10.1 Å². The van der Waals surface area contributed by atoms with Crippen LogP contribution >= 0.6 is 0 Å². The normalized spacial score (nSPS) is 11.7. The first-order valence-corrected chi connectivity index (χ1v) is 6.16. The van der Waals surface area contributed by atoms with Gasteiger partial charge in [-0.3, -0.25) is 9.59 Å². The molecule has 1 unspecified atom stereocenters. The van der Waals surface area contributed by atoms with Crippen LogP contribution in [0.5, 0.6) is 5.75 Å². The average Bonchev–Trinajstić information content (AvgIpc) is 2.43. The summed E-state index contributed by atoms with van der Waals surface area (Å²) in [6, 6.07) is 6.70. The van der Waals surface area contributed by atoms with Gasteiger partial charge in [0.05, 0.1) is 0 Å². The van der Waals surface area contributed by atoms with Gasteiger partial charge in [0.1, 0.15) is 12.0 Å². The first-order valence-electron chi connectivity index (χ1n) is 6.16. The minimum atomic E-state index is -0.607. The van der Waals surface area contributed by atoms with E-state index in [4.69, 9.17) is 9.47 Å². The van der Waals surface area contributed by atoms with Crippen molar-refractivity contribution < 1.29 is 19.1 Å². The summed E-state index contributed by atoms with van der Waals surface area (Å²) >= 11 is 0. The lowest BCUT2D eigenvalue weighted by Gasteiger charge is -2.14. The molecule has 0 fully saturated rings. The number of carbonyl (C=O) groups excluding carboxylic acids is 2. The Morgan fingerprint density at radius 1 is 1.47 bits per heavy atom. The van der Waals surface area contributed by atoms with Crippen LogP contribution in [0.15, 0.2) is 24.3 Å². The molecule has 1 amide bonds. The summed E-state index contributed by atoms with van der Waals surface area (Å²) in [6.45, 7) is 2.82. The largest absolute Gasteiger partial charge is 0.481 e. The Labute approximate surface area is 112 Å². The molecular weight excluding hydrogens is 246 g/mol. The fourth-order valence-electron chi connectivity index (χ4n) is 1.49. The zero-order valence-corrected chi connectivity index (χ0v) is 11.2. The quantitative estimate of drug-likeness (QED) is 0.570. The number of hydrogen-bond donors (Lipinski definition) is 1. The molecule has 1 rings (SSSR count). The van der Waals surface area contributed by atoms with Crippen molar-refractivity contribution in [2.75, 3.05) is 20.3 Å². The second kappa shape index (κ2) is 8.26. The molecule has 0 saturated heterocycles. The molecule has 0 bridgehead atoms. The minimum Gasteiger partial charge on any atom is -0.481 e. The summed E-state index contributed by atoms with van der Waals surface area (Å²) < 4.78 is 10.4. The number of aldehydes is 1. The molecule has 1 aromatic carbocycles. The molecule has 1 atom stereocenters. The zero-order chi connectivity index (χ0) is 14.1. The van der Waals surface area contributed by atoms with Crippen LogP contribution in [-0.2, 0) is 9.53 Å². The lowest BCUT2D eigenvalue weighted by atomic mass is 10.2. The fourth-order valence-corrected chi connectivity index (χ4v) is 1.49. The van der Waals surface area contributed by atoms with Gasteiger partial charge in [0.2, 0.25) is 0 Å². The highest BCUT2D eigenvalue weighted by atomic mass is 16.5. The number of carbonyl (C=O) groups is 2. The first-order chi connectivity index (χ1) is 9.17. The Kier molecular flexibility index (Phi) is 6.60. The number of amides is 1. The van der Waals surface area contributed by atoms with Gasteiger partial charge in [-0.25, -0.2) is 0 Å². The molecule has 0 aliphatic carbocycles. The summed E-state index contributed by atoms with van der Waals surface area (Å²) in [5, 5.41) is 2.75. The summed E-state index contributed by atoms with van der Waals surface area (Å²) in [5.74, 6) is 0.316. The predicted octanol–water partition coefficient (Wildman–Crippen LogP) is 1.42. The lowest BCUT2D eigenvalue weighted by molar-refractivity contribution is -0.127. The van der Waals surface area contributed by atoms with Crippen molar-refractivity contribution in [2.24, 2.45) is 0 Å². The van der Waals surface area contributed by atoms with Gasteiger partial charge in [-0.05, 0) is 25.5 Å². The highest BCUT2D eigenvalue weighted by Crippen LogP contribution is 2.13. The third-order valence-electron chi connectivity index (χ3n) is 2.50. The number of nitrogens with one attached hydrogen (secondary N) is 1. The lowest BCUT2D eigenvalue weighted by Crippen LogP contribution is -2.37. The van der Waals surface area contributed by atoms with Gasteiger partial charge in [-0.1, -0.05) is 12.1 Å². The van der Waals surface area contributed by atoms with Crippen LogP contribution in [0.4, 0.5) is 0 Å². The maximum absolute atomic E-state index is 11.7. The smallest absolute Gasteiger partial charge is 0.260 e. The van der Waals surface area contributed by atoms with E-state index in [1.54, 1.807) is 38.3 Å². The third kappa shape index (κ3) is 5.52. The van der Waals surface area contributed by atoms with Crippen LogP contribution in [0.1, 0.15) is 23.7 Å². The molecule has 19 heavy (non-hydrogen) atoms. The monoisotopic (exact) mass is 265 g/mol. The topological polar surface area (TPSA) is 64.6 Å². The van der Waals surface area contributed by atoms with Crippen molar-refractivity contribution >= 4 is 12.2 Å². The van der Waals surface area contributed by atoms with Gasteiger partial charge in [0.15, 0.2) is 6.10 Å². The Hall–Kier alpha value is -1.88. The van der Waals surface area contributed by atoms with Crippen LogP contribution in [0, 0.1) is 0 Å². The van der Waals surface area contributed by atoms with E-state index in [-0.39, 0.29) is 5.91 Å². The molecule has 0 radical (unpaired) electrons. The van der Waals surface area contributed by atoms with Crippen LogP contribution in [0.25, 0.3) is 0 Å². The number of ether oxygens (including phenoxy) is 2. The molecule has 104 valence electrons. The average molecular weight is 265 g/mol. The standard InChI is InChI=1S/C14H19NO4/c1-11(14(17)15-7-4-8-18-2)19-13-6-3-5-12(9-13)10-16/h3,5-6,9-11H,4,7-8H2,1-2H3,(H,15,17). The van der Waals surface area contributed by atoms with E-state index in [1.807, 2.05) is 0 Å². The summed E-state index contributed by atoms with van der Waals surface area (Å²) in [5.41, 5.74) is 0.519. The van der Waals surface area contributed by atoms with Crippen LogP contribution in [-0.4, -0.2) is 38.6 Å². The predicted molar refractivity (Wildman–Crippen MR) is 71.4 cm³/mol. The molecule has 5 heteroatoms. The molecule has 5 nitrogen and oxygen atoms in total. The summed E-state index contributed by atoms with van der Waals surface area (Å²) in [7, 11) is 1.62. The number of hydrogen-bond acceptors (Lipinski definition) is 4. The van der Waals surface area contributed by atoms with E-state index in [1.165, 1.54) is 0 Å². The highest BCUT2D eigenvalue weighted by Gasteiger charge is 2.13. The molecule has 0 aromatic heterocycles. The number of benzene rings is 1. The van der Waals surface area contributed by atoms with E-state index in [9.17, 15) is 9.59 Å². The Morgan fingerprint density at radius 3 is 2.95 bits per heavy atom. The van der Waals surface area contributed by atoms with Crippen molar-refractivity contribution in [3.8, 4) is 5.75 Å². The van der Waals surface area contributed by atoms with E-state index in [2.05, 4.69) is 5.32 Å². The van der Waals surface area contributed by atoms with E-state index in [0.717, 1.165) is 12.7 Å². The molecule has 0 aliphatic rings. The first kappa shape index (κ1) is 15.2. The maximum atomic E-state index is 11.7. The van der Waals surface area contributed by atoms with E-state index < -0.39 is 6.10 Å². The number of rotatable bonds is 8. The Bertz CT molecular complexity index is 420. The zero-order valence-electron chi connectivity index (χ0n) is 11.2. The third-order valence-corrected chi connectivity index (χ3v) is 2.50. The van der Waals surface area contributed by atoms with Gasteiger partial charge in [0, 0.05) is 25.8 Å². The van der Waals surface area contributed by atoms with Gasteiger partial charge in [0.25, 0.3) is 5.91 Å². The van der Waals surface area contributed by atoms with Crippen molar-refractivity contribution in [1.82, 2.24) is 5.32 Å². The van der Waals surface area contributed by atoms with Crippen LogP contribution in [0.3, 0.4) is 0 Å². The van der Waals surface area contributed by atoms with Crippen molar-refractivity contribution in [3.63, 3.8) is 0 Å². The molecule has 0 spiro atoms. The SMILES string of the molecule is COCCCNC(=O)C(C)Oc1cccc(C=O)c1. The molecule has 0 aliphatic heterocycles. The Balaban J connectivity index is 2.42. The van der Waals surface area contributed by atoms with Crippen molar-refractivity contribution in [1.29, 1.82) is 0 Å². The van der Waals surface area contributed by atoms with Gasteiger partial charge < -0.3 is 14.8 Å². The van der Waals surface area contributed by atoms with Crippen molar-refractivity contribution in [3.05, 3.63) is 29.8 Å². The minimum absolute atomic E-state index is 0.187. The van der Waals surface area contributed by atoms with Gasteiger partial charge in [-0.15, -0.1) is 0 Å². The molecule has 0 heterocycles. The van der Waals surface area contributed by atoms with Gasteiger partial charge in [-0.2, -0.15) is 0 Å². The Morgan fingerprint density at radius 2 is 2.26 bits per heavy atom. The van der Waals surface area contributed by atoms with Crippen LogP contribution in [0.2, 0.25) is 0 Å². The molecule has 1 N–H and O–H groups in total. The number of methoxy groups -OCH3 is 1. The van der Waals surface area contributed by atoms with Gasteiger partial charge >= 0.3 is 0 Å². The summed E-state index contributed by atoms with van der Waals surface area (Å²) in [6.07, 6.45) is 0.891. The molecular formula is C14H19NO4. The highest BCUT2D eigenvalue weighted by molar-refractivity contribution is 5.80. The second-order valence-electron chi connectivity index (χ2n) is 4.09. The fraction of sp³-hybridized carbons (Fsp3) is 0.429. The maximum Gasteiger partial charge on any atom is 0.260 e. The molecule has 1 aromatic rings. The second-order valence-corrected chi connectivity index (χ2v) is 4.09. The molecule has 0 saturated carbocycles. The van der Waals surface area contributed by atoms with E-state index >= 15 is 0 Å².